The Morgan fingerprint density at radius 3 is 2.38 bits per heavy atom. The van der Waals surface area contributed by atoms with Crippen molar-refractivity contribution in [1.29, 1.82) is 0 Å². The van der Waals surface area contributed by atoms with Gasteiger partial charge >= 0.3 is 5.76 Å². The number of hydrogen-bond acceptors (Lipinski definition) is 4. The number of nitrogens with two attached hydrogens (primary N) is 1. The van der Waals surface area contributed by atoms with E-state index in [1.165, 1.54) is 12.1 Å². The van der Waals surface area contributed by atoms with Crippen LogP contribution < -0.4 is 10.6 Å². The van der Waals surface area contributed by atoms with Crippen LogP contribution in [0.1, 0.15) is 12.8 Å². The summed E-state index contributed by atoms with van der Waals surface area (Å²) in [6.45, 7) is 1.76. The van der Waals surface area contributed by atoms with Crippen molar-refractivity contribution in [2.75, 3.05) is 18.0 Å². The third kappa shape index (κ3) is 2.53. The molecule has 3 rings (SSSR count). The van der Waals surface area contributed by atoms with Crippen LogP contribution >= 0.6 is 0 Å². The van der Waals surface area contributed by atoms with Gasteiger partial charge in [-0.25, -0.2) is 8.42 Å². The predicted molar refractivity (Wildman–Crippen MR) is 76.0 cm³/mol. The van der Waals surface area contributed by atoms with E-state index in [1.54, 1.807) is 12.1 Å². The third-order valence-electron chi connectivity index (χ3n) is 4.68. The van der Waals surface area contributed by atoms with Crippen molar-refractivity contribution in [2.24, 2.45) is 17.6 Å². The van der Waals surface area contributed by atoms with Gasteiger partial charge < -0.3 is 10.6 Å². The minimum absolute atomic E-state index is 0.235. The number of hydrogen-bond donors (Lipinski definition) is 1. The molecule has 0 radical (unpaired) electrons. The summed E-state index contributed by atoms with van der Waals surface area (Å²) in [6.07, 6.45) is 2.19. The van der Waals surface area contributed by atoms with Crippen molar-refractivity contribution in [3.8, 4) is 0 Å². The standard InChI is InChI=1S/C14H18F2N2O2S/c15-14(16)21(19,20)11-4-2-10(3-5-11)18-7-9-1-6-13(17)12(9)8-18/h2-5,9,12-14H,1,6-8,17H2. The van der Waals surface area contributed by atoms with E-state index >= 15 is 0 Å². The number of sulfone groups is 1. The number of alkyl halides is 2. The van der Waals surface area contributed by atoms with Gasteiger partial charge in [-0.1, -0.05) is 0 Å². The van der Waals surface area contributed by atoms with Crippen molar-refractivity contribution in [2.45, 2.75) is 29.5 Å². The Morgan fingerprint density at radius 1 is 1.14 bits per heavy atom. The molecule has 7 heteroatoms. The lowest BCUT2D eigenvalue weighted by molar-refractivity contribution is 0.234. The molecule has 1 saturated heterocycles. The Hall–Kier alpha value is -1.21. The van der Waals surface area contributed by atoms with Gasteiger partial charge in [0.25, 0.3) is 0 Å². The van der Waals surface area contributed by atoms with E-state index in [2.05, 4.69) is 4.90 Å². The molecule has 1 aromatic rings. The van der Waals surface area contributed by atoms with Crippen LogP contribution in [0.5, 0.6) is 0 Å². The van der Waals surface area contributed by atoms with E-state index in [0.717, 1.165) is 31.6 Å². The number of benzene rings is 1. The topological polar surface area (TPSA) is 63.4 Å². The fourth-order valence-electron chi connectivity index (χ4n) is 3.47. The van der Waals surface area contributed by atoms with Gasteiger partial charge in [0.1, 0.15) is 0 Å². The smallest absolute Gasteiger partial charge is 0.341 e. The van der Waals surface area contributed by atoms with E-state index in [1.807, 2.05) is 0 Å². The number of nitrogens with zero attached hydrogens (tertiary/aromatic N) is 1. The zero-order valence-corrected chi connectivity index (χ0v) is 12.3. The molecule has 4 nitrogen and oxygen atoms in total. The predicted octanol–water partition coefficient (Wildman–Crippen LogP) is 1.86. The molecule has 0 amide bonds. The summed E-state index contributed by atoms with van der Waals surface area (Å²) in [4.78, 5) is 1.82. The fraction of sp³-hybridized carbons (Fsp3) is 0.571. The van der Waals surface area contributed by atoms with E-state index in [0.29, 0.717) is 11.8 Å². The molecule has 0 bridgehead atoms. The molecule has 1 aliphatic heterocycles. The molecule has 2 N–H and O–H groups in total. The Labute approximate surface area is 122 Å². The molecule has 116 valence electrons. The molecule has 1 heterocycles. The summed E-state index contributed by atoms with van der Waals surface area (Å²) in [7, 11) is -4.51. The number of halogens is 2. The Bertz CT molecular complexity index is 618. The summed E-state index contributed by atoms with van der Waals surface area (Å²) in [5.41, 5.74) is 6.95. The van der Waals surface area contributed by atoms with Crippen molar-refractivity contribution in [3.63, 3.8) is 0 Å². The Kier molecular flexibility index (Phi) is 3.65. The zero-order valence-electron chi connectivity index (χ0n) is 11.5. The van der Waals surface area contributed by atoms with E-state index < -0.39 is 15.6 Å². The summed E-state index contributed by atoms with van der Waals surface area (Å²) < 4.78 is 47.7. The molecule has 1 aliphatic carbocycles. The maximum Gasteiger partial charge on any atom is 0.341 e. The SMILES string of the molecule is NC1CCC2CN(c3ccc(S(=O)(=O)C(F)F)cc3)CC12. The molecular weight excluding hydrogens is 298 g/mol. The highest BCUT2D eigenvalue weighted by Gasteiger charge is 2.41. The molecule has 3 atom stereocenters. The fourth-order valence-corrected chi connectivity index (χ4v) is 4.19. The monoisotopic (exact) mass is 316 g/mol. The van der Waals surface area contributed by atoms with Gasteiger partial charge in [0.15, 0.2) is 0 Å². The van der Waals surface area contributed by atoms with Crippen molar-refractivity contribution >= 4 is 15.5 Å². The first-order valence-electron chi connectivity index (χ1n) is 7.02. The van der Waals surface area contributed by atoms with Crippen molar-refractivity contribution < 1.29 is 17.2 Å². The quantitative estimate of drug-likeness (QED) is 0.924. The van der Waals surface area contributed by atoms with Crippen LogP contribution in [-0.2, 0) is 9.84 Å². The first kappa shape index (κ1) is 14.7. The van der Waals surface area contributed by atoms with E-state index in [9.17, 15) is 17.2 Å². The second-order valence-corrected chi connectivity index (χ2v) is 7.79. The summed E-state index contributed by atoms with van der Waals surface area (Å²) in [6, 6.07) is 5.94. The van der Waals surface area contributed by atoms with Crippen LogP contribution in [0.4, 0.5) is 14.5 Å². The Balaban J connectivity index is 1.77. The molecule has 21 heavy (non-hydrogen) atoms. The lowest BCUT2D eigenvalue weighted by Gasteiger charge is -2.21. The molecule has 0 aromatic heterocycles. The highest BCUT2D eigenvalue weighted by Crippen LogP contribution is 2.39. The normalized spacial score (nSPS) is 29.1. The first-order valence-corrected chi connectivity index (χ1v) is 8.57. The van der Waals surface area contributed by atoms with Crippen LogP contribution in [0.15, 0.2) is 29.2 Å². The lowest BCUT2D eigenvalue weighted by atomic mass is 9.98. The molecule has 2 aliphatic rings. The number of fused-ring (bicyclic) bond motifs is 1. The van der Waals surface area contributed by atoms with E-state index in [-0.39, 0.29) is 10.9 Å². The minimum Gasteiger partial charge on any atom is -0.371 e. The van der Waals surface area contributed by atoms with E-state index in [4.69, 9.17) is 5.73 Å². The summed E-state index contributed by atoms with van der Waals surface area (Å²) in [5, 5.41) is 0. The third-order valence-corrected chi connectivity index (χ3v) is 6.08. The van der Waals surface area contributed by atoms with Gasteiger partial charge in [-0.3, -0.25) is 0 Å². The van der Waals surface area contributed by atoms with Crippen molar-refractivity contribution in [3.05, 3.63) is 24.3 Å². The summed E-state index contributed by atoms with van der Waals surface area (Å²) in [5.74, 6) is -2.31. The van der Waals surface area contributed by atoms with Gasteiger partial charge in [-0.2, -0.15) is 8.78 Å². The average molecular weight is 316 g/mol. The molecule has 3 unspecified atom stereocenters. The van der Waals surface area contributed by atoms with Gasteiger partial charge in [-0.15, -0.1) is 0 Å². The summed E-state index contributed by atoms with van der Waals surface area (Å²) >= 11 is 0. The maximum absolute atomic E-state index is 12.5. The van der Waals surface area contributed by atoms with Crippen molar-refractivity contribution in [1.82, 2.24) is 0 Å². The maximum atomic E-state index is 12.5. The van der Waals surface area contributed by atoms with Crippen LogP contribution in [0, 0.1) is 11.8 Å². The largest absolute Gasteiger partial charge is 0.371 e. The zero-order chi connectivity index (χ0) is 15.2. The second-order valence-electron chi connectivity index (χ2n) is 5.87. The van der Waals surface area contributed by atoms with Gasteiger partial charge in [0, 0.05) is 24.8 Å². The van der Waals surface area contributed by atoms with Gasteiger partial charge in [-0.05, 0) is 48.9 Å². The first-order chi connectivity index (χ1) is 9.89. The second kappa shape index (κ2) is 5.21. The lowest BCUT2D eigenvalue weighted by Crippen LogP contribution is -2.30. The van der Waals surface area contributed by atoms with Crippen LogP contribution in [-0.4, -0.2) is 33.3 Å². The minimum atomic E-state index is -4.51. The average Bonchev–Trinajstić information content (AvgIpc) is 3.01. The highest BCUT2D eigenvalue weighted by molar-refractivity contribution is 7.91. The Morgan fingerprint density at radius 2 is 1.81 bits per heavy atom. The van der Waals surface area contributed by atoms with Gasteiger partial charge in [0.2, 0.25) is 9.84 Å². The van der Waals surface area contributed by atoms with Crippen LogP contribution in [0.2, 0.25) is 0 Å². The molecule has 0 spiro atoms. The number of rotatable bonds is 3. The van der Waals surface area contributed by atoms with Crippen LogP contribution in [0.25, 0.3) is 0 Å². The molecule has 2 fully saturated rings. The van der Waals surface area contributed by atoms with Crippen LogP contribution in [0.3, 0.4) is 0 Å². The molecule has 1 aromatic carbocycles. The highest BCUT2D eigenvalue weighted by atomic mass is 32.2. The van der Waals surface area contributed by atoms with Gasteiger partial charge in [0.05, 0.1) is 4.90 Å². The molecule has 1 saturated carbocycles. The number of anilines is 1. The molecular formula is C14H18F2N2O2S.